The first-order valence-corrected chi connectivity index (χ1v) is 2.17. The minimum atomic E-state index is 0.340. The van der Waals surface area contributed by atoms with Gasteiger partial charge in [-0.3, -0.25) is 0 Å². The third-order valence-corrected chi connectivity index (χ3v) is 0.802. The zero-order chi connectivity index (χ0) is 5.98. The smallest absolute Gasteiger partial charge is 0.182 e. The Morgan fingerprint density at radius 3 is 2.88 bits per heavy atom. The molecule has 0 aliphatic heterocycles. The van der Waals surface area contributed by atoms with Gasteiger partial charge < -0.3 is 0 Å². The fourth-order valence-corrected chi connectivity index (χ4v) is 0.456. The lowest BCUT2D eigenvalue weighted by molar-refractivity contribution is 0.773. The molecule has 0 saturated heterocycles. The molecule has 0 amide bonds. The molecule has 4 heteroatoms. The lowest BCUT2D eigenvalue weighted by atomic mass is 10.7. The van der Waals surface area contributed by atoms with E-state index in [-0.39, 0.29) is 0 Å². The molecular formula is C4H5N4+. The van der Waals surface area contributed by atoms with Crippen LogP contribution in [0.15, 0.2) is 12.3 Å². The van der Waals surface area contributed by atoms with Crippen LogP contribution in [0.3, 0.4) is 0 Å². The number of diazo groups is 1. The summed E-state index contributed by atoms with van der Waals surface area (Å²) in [6.07, 6.45) is 1.70. The molecule has 0 aliphatic carbocycles. The highest BCUT2D eigenvalue weighted by molar-refractivity contribution is 5.31. The second-order valence-corrected chi connectivity index (χ2v) is 1.45. The first-order chi connectivity index (χ1) is 3.83. The van der Waals surface area contributed by atoms with E-state index in [1.165, 1.54) is 0 Å². The number of hydrogen-bond donors (Lipinski definition) is 0. The molecule has 0 aromatic carbocycles. The van der Waals surface area contributed by atoms with E-state index in [4.69, 9.17) is 5.39 Å². The molecule has 40 valence electrons. The van der Waals surface area contributed by atoms with Crippen LogP contribution in [0.4, 0.5) is 5.82 Å². The Hall–Kier alpha value is -1.37. The van der Waals surface area contributed by atoms with Gasteiger partial charge in [-0.1, -0.05) is 0 Å². The maximum absolute atomic E-state index is 8.10. The predicted molar refractivity (Wildman–Crippen MR) is 28.0 cm³/mol. The highest BCUT2D eigenvalue weighted by Gasteiger charge is 2.05. The molecular weight excluding hydrogens is 104 g/mol. The Bertz CT molecular complexity index is 218. The molecule has 1 rings (SSSR count). The quantitative estimate of drug-likeness (QED) is 0.465. The number of aromatic nitrogens is 2. The van der Waals surface area contributed by atoms with Crippen LogP contribution in [-0.2, 0) is 7.05 Å². The highest BCUT2D eigenvalue weighted by Crippen LogP contribution is 2.03. The lowest BCUT2D eigenvalue weighted by Gasteiger charge is -1.67. The summed E-state index contributed by atoms with van der Waals surface area (Å²) in [6.45, 7) is 0. The van der Waals surface area contributed by atoms with Crippen molar-refractivity contribution < 1.29 is 0 Å². The van der Waals surface area contributed by atoms with E-state index < -0.39 is 0 Å². The van der Waals surface area contributed by atoms with E-state index in [9.17, 15) is 0 Å². The van der Waals surface area contributed by atoms with E-state index >= 15 is 0 Å². The summed E-state index contributed by atoms with van der Waals surface area (Å²) >= 11 is 0. The van der Waals surface area contributed by atoms with Crippen molar-refractivity contribution in [3.05, 3.63) is 17.2 Å². The highest BCUT2D eigenvalue weighted by atomic mass is 15.3. The topological polar surface area (TPSA) is 46.0 Å². The van der Waals surface area contributed by atoms with Gasteiger partial charge in [0.05, 0.1) is 29.8 Å². The maximum Gasteiger partial charge on any atom is 0.487 e. The summed E-state index contributed by atoms with van der Waals surface area (Å²) in [6, 6.07) is 1.61. The van der Waals surface area contributed by atoms with Crippen molar-refractivity contribution in [2.75, 3.05) is 0 Å². The molecule has 1 heterocycles. The van der Waals surface area contributed by atoms with Crippen molar-refractivity contribution in [3.8, 4) is 0 Å². The first kappa shape index (κ1) is 4.78. The van der Waals surface area contributed by atoms with Gasteiger partial charge >= 0.3 is 5.82 Å². The van der Waals surface area contributed by atoms with E-state index in [0.717, 1.165) is 0 Å². The van der Waals surface area contributed by atoms with Gasteiger partial charge in [-0.25, -0.2) is 0 Å². The molecule has 0 aliphatic rings. The monoisotopic (exact) mass is 109 g/mol. The Labute approximate surface area is 46.4 Å². The number of nitrogens with zero attached hydrogens (tertiary/aromatic N) is 4. The van der Waals surface area contributed by atoms with Crippen molar-refractivity contribution in [2.45, 2.75) is 0 Å². The molecule has 0 N–H and O–H groups in total. The van der Waals surface area contributed by atoms with Crippen molar-refractivity contribution >= 4 is 5.82 Å². The molecule has 0 spiro atoms. The molecule has 8 heavy (non-hydrogen) atoms. The molecule has 0 bridgehead atoms. The number of rotatable bonds is 0. The molecule has 0 radical (unpaired) electrons. The van der Waals surface area contributed by atoms with Crippen molar-refractivity contribution in [1.29, 1.82) is 5.39 Å². The number of hydrogen-bond acceptors (Lipinski definition) is 2. The molecule has 4 nitrogen and oxygen atoms in total. The third kappa shape index (κ3) is 0.658. The van der Waals surface area contributed by atoms with Crippen LogP contribution in [0.1, 0.15) is 0 Å². The summed E-state index contributed by atoms with van der Waals surface area (Å²) in [5, 5.41) is 11.8. The minimum Gasteiger partial charge on any atom is -0.182 e. The van der Waals surface area contributed by atoms with E-state index in [0.29, 0.717) is 5.82 Å². The van der Waals surface area contributed by atoms with Gasteiger partial charge in [-0.05, 0) is 0 Å². The van der Waals surface area contributed by atoms with Crippen LogP contribution in [0.25, 0.3) is 4.98 Å². The largest absolute Gasteiger partial charge is 0.487 e. The average Bonchev–Trinajstić information content (AvgIpc) is 2.14. The fourth-order valence-electron chi connectivity index (χ4n) is 0.456. The van der Waals surface area contributed by atoms with Crippen LogP contribution in [0.5, 0.6) is 0 Å². The van der Waals surface area contributed by atoms with Gasteiger partial charge in [0.1, 0.15) is 0 Å². The van der Waals surface area contributed by atoms with Crippen LogP contribution in [0.2, 0.25) is 0 Å². The van der Waals surface area contributed by atoms with Gasteiger partial charge in [0.15, 0.2) is 0 Å². The molecule has 0 fully saturated rings. The third-order valence-electron chi connectivity index (χ3n) is 0.802. The molecule has 1 aromatic rings. The maximum atomic E-state index is 8.10. The van der Waals surface area contributed by atoms with Gasteiger partial charge in [-0.15, -0.1) is 0 Å². The first-order valence-electron chi connectivity index (χ1n) is 2.17. The second-order valence-electron chi connectivity index (χ2n) is 1.45. The Morgan fingerprint density at radius 1 is 1.88 bits per heavy atom. The standard InChI is InChI=1S/C4H5N4/c1-8-3-2-4(6-5)7-8/h2-3H,1H3/q+1. The fraction of sp³-hybridized carbons (Fsp3) is 0.250. The second kappa shape index (κ2) is 1.62. The van der Waals surface area contributed by atoms with E-state index in [2.05, 4.69) is 10.1 Å². The van der Waals surface area contributed by atoms with Crippen molar-refractivity contribution in [3.63, 3.8) is 0 Å². The predicted octanol–water partition coefficient (Wildman–Crippen LogP) is 0.905. The summed E-state index contributed by atoms with van der Waals surface area (Å²) < 4.78 is 1.56. The zero-order valence-electron chi connectivity index (χ0n) is 4.44. The van der Waals surface area contributed by atoms with Crippen LogP contribution >= 0.6 is 0 Å². The van der Waals surface area contributed by atoms with Gasteiger partial charge in [0.2, 0.25) is 0 Å². The molecule has 0 saturated carbocycles. The average molecular weight is 109 g/mol. The van der Waals surface area contributed by atoms with Crippen molar-refractivity contribution in [2.24, 2.45) is 7.05 Å². The summed E-state index contributed by atoms with van der Waals surface area (Å²) in [5.41, 5.74) is 0. The van der Waals surface area contributed by atoms with Crippen molar-refractivity contribution in [1.82, 2.24) is 9.78 Å². The normalized spacial score (nSPS) is 8.50. The lowest BCUT2D eigenvalue weighted by Crippen LogP contribution is -1.84. The molecule has 0 atom stereocenters. The zero-order valence-corrected chi connectivity index (χ0v) is 4.44. The van der Waals surface area contributed by atoms with Crippen LogP contribution in [0, 0.1) is 5.39 Å². The van der Waals surface area contributed by atoms with Crippen LogP contribution in [-0.4, -0.2) is 9.78 Å². The summed E-state index contributed by atoms with van der Waals surface area (Å²) in [5.74, 6) is 0.340. The minimum absolute atomic E-state index is 0.340. The SMILES string of the molecule is Cn1ccc([N+]#N)n1. The van der Waals surface area contributed by atoms with Gasteiger partial charge in [0, 0.05) is 4.98 Å². The van der Waals surface area contributed by atoms with E-state index in [1.54, 1.807) is 24.0 Å². The Kier molecular flexibility index (Phi) is 0.968. The van der Waals surface area contributed by atoms with Gasteiger partial charge in [0.25, 0.3) is 0 Å². The Balaban J connectivity index is 3.05. The summed E-state index contributed by atoms with van der Waals surface area (Å²) in [4.78, 5) is 2.86. The Morgan fingerprint density at radius 2 is 2.62 bits per heavy atom. The summed E-state index contributed by atoms with van der Waals surface area (Å²) in [7, 11) is 1.76. The van der Waals surface area contributed by atoms with Gasteiger partial charge in [-0.2, -0.15) is 4.68 Å². The molecule has 1 aromatic heterocycles. The number of aryl methyl sites for hydroxylation is 1. The van der Waals surface area contributed by atoms with Crippen LogP contribution < -0.4 is 0 Å². The molecule has 0 unspecified atom stereocenters. The van der Waals surface area contributed by atoms with E-state index in [1.807, 2.05) is 0 Å².